The first-order valence-corrected chi connectivity index (χ1v) is 5.73. The lowest BCUT2D eigenvalue weighted by Gasteiger charge is -2.07. The van der Waals surface area contributed by atoms with Crippen molar-refractivity contribution in [1.29, 1.82) is 0 Å². The summed E-state index contributed by atoms with van der Waals surface area (Å²) in [6, 6.07) is 4.38. The van der Waals surface area contributed by atoms with Crippen LogP contribution in [0.4, 0.5) is 0 Å². The van der Waals surface area contributed by atoms with Gasteiger partial charge in [-0.05, 0) is 19.1 Å². The number of Topliss-reactive ketones (excluding diaryl/α,β-unsaturated/α-hetero) is 1. The van der Waals surface area contributed by atoms with Gasteiger partial charge in [0.25, 0.3) is 0 Å². The Kier molecular flexibility index (Phi) is 4.97. The summed E-state index contributed by atoms with van der Waals surface area (Å²) in [5.74, 6) is -1.13. The van der Waals surface area contributed by atoms with Crippen LogP contribution in [0.2, 0.25) is 0 Å². The van der Waals surface area contributed by atoms with Crippen LogP contribution in [0.3, 0.4) is 0 Å². The summed E-state index contributed by atoms with van der Waals surface area (Å²) in [7, 11) is 0. The molecule has 0 heterocycles. The Labute approximate surface area is 104 Å². The monoisotopic (exact) mass is 256 g/mol. The standard InChI is InChI=1S/C12H13ClO4/c1-2-17-12(16)9-5-3-4-8(11(9)15)10(14)6-7-13/h3-5,15H,2,6-7H2,1H3. The molecule has 0 unspecified atom stereocenters. The minimum atomic E-state index is -0.648. The molecule has 1 aromatic carbocycles. The lowest BCUT2D eigenvalue weighted by Crippen LogP contribution is -2.08. The maximum Gasteiger partial charge on any atom is 0.341 e. The number of carbonyl (C=O) groups is 2. The van der Waals surface area contributed by atoms with Crippen LogP contribution in [0.15, 0.2) is 18.2 Å². The number of aromatic hydroxyl groups is 1. The summed E-state index contributed by atoms with van der Waals surface area (Å²) in [6.07, 6.45) is 0.112. The smallest absolute Gasteiger partial charge is 0.341 e. The molecule has 0 aliphatic heterocycles. The summed E-state index contributed by atoms with van der Waals surface area (Å²) in [6.45, 7) is 1.87. The lowest BCUT2D eigenvalue weighted by molar-refractivity contribution is 0.0523. The number of ether oxygens (including phenoxy) is 1. The first kappa shape index (κ1) is 13.5. The fraction of sp³-hybridized carbons (Fsp3) is 0.333. The third-order valence-corrected chi connectivity index (χ3v) is 2.34. The van der Waals surface area contributed by atoms with E-state index in [0.29, 0.717) is 0 Å². The predicted molar refractivity (Wildman–Crippen MR) is 63.7 cm³/mol. The molecule has 0 saturated heterocycles. The van der Waals surface area contributed by atoms with Crippen LogP contribution in [0.25, 0.3) is 0 Å². The second kappa shape index (κ2) is 6.25. The largest absolute Gasteiger partial charge is 0.506 e. The van der Waals surface area contributed by atoms with E-state index in [2.05, 4.69) is 0 Å². The molecular formula is C12H13ClO4. The van der Waals surface area contributed by atoms with Crippen molar-refractivity contribution < 1.29 is 19.4 Å². The van der Waals surface area contributed by atoms with Crippen LogP contribution >= 0.6 is 11.6 Å². The maximum absolute atomic E-state index is 11.6. The Morgan fingerprint density at radius 2 is 2.00 bits per heavy atom. The van der Waals surface area contributed by atoms with Gasteiger partial charge < -0.3 is 9.84 Å². The molecule has 92 valence electrons. The van der Waals surface area contributed by atoms with Crippen LogP contribution in [0, 0.1) is 0 Å². The van der Waals surface area contributed by atoms with Crippen molar-refractivity contribution in [3.05, 3.63) is 29.3 Å². The zero-order valence-corrected chi connectivity index (χ0v) is 10.2. The molecule has 17 heavy (non-hydrogen) atoms. The third-order valence-electron chi connectivity index (χ3n) is 2.15. The summed E-state index contributed by atoms with van der Waals surface area (Å²) in [5, 5.41) is 9.82. The highest BCUT2D eigenvalue weighted by Crippen LogP contribution is 2.24. The average molecular weight is 257 g/mol. The van der Waals surface area contributed by atoms with Gasteiger partial charge in [0.2, 0.25) is 0 Å². The van der Waals surface area contributed by atoms with Gasteiger partial charge in [0.15, 0.2) is 5.78 Å². The Balaban J connectivity index is 3.07. The van der Waals surface area contributed by atoms with Crippen molar-refractivity contribution in [2.75, 3.05) is 12.5 Å². The molecule has 0 amide bonds. The molecule has 5 heteroatoms. The molecule has 1 aromatic rings. The third kappa shape index (κ3) is 3.20. The van der Waals surface area contributed by atoms with Crippen molar-refractivity contribution in [3.8, 4) is 5.75 Å². The van der Waals surface area contributed by atoms with Crippen molar-refractivity contribution in [1.82, 2.24) is 0 Å². The van der Waals surface area contributed by atoms with E-state index in [9.17, 15) is 14.7 Å². The van der Waals surface area contributed by atoms with Crippen molar-refractivity contribution in [2.45, 2.75) is 13.3 Å². The topological polar surface area (TPSA) is 63.6 Å². The second-order valence-electron chi connectivity index (χ2n) is 3.28. The first-order chi connectivity index (χ1) is 8.11. The number of carbonyl (C=O) groups excluding carboxylic acids is 2. The van der Waals surface area contributed by atoms with Crippen LogP contribution in [-0.4, -0.2) is 29.3 Å². The minimum absolute atomic E-state index is 0.00716. The van der Waals surface area contributed by atoms with Gasteiger partial charge in [-0.1, -0.05) is 6.07 Å². The molecule has 0 radical (unpaired) electrons. The van der Waals surface area contributed by atoms with Crippen LogP contribution < -0.4 is 0 Å². The predicted octanol–water partition coefficient (Wildman–Crippen LogP) is 2.38. The van der Waals surface area contributed by atoms with E-state index in [-0.39, 0.29) is 41.6 Å². The van der Waals surface area contributed by atoms with Gasteiger partial charge in [0, 0.05) is 12.3 Å². The molecule has 0 atom stereocenters. The van der Waals surface area contributed by atoms with Crippen molar-refractivity contribution >= 4 is 23.4 Å². The van der Waals surface area contributed by atoms with Gasteiger partial charge in [-0.2, -0.15) is 0 Å². The second-order valence-corrected chi connectivity index (χ2v) is 3.66. The van der Waals surface area contributed by atoms with E-state index >= 15 is 0 Å². The molecular weight excluding hydrogens is 244 g/mol. The summed E-state index contributed by atoms with van der Waals surface area (Å²) < 4.78 is 4.77. The van der Waals surface area contributed by atoms with Crippen LogP contribution in [0.5, 0.6) is 5.75 Å². The molecule has 0 aliphatic rings. The van der Waals surface area contributed by atoms with E-state index in [1.807, 2.05) is 0 Å². The van der Waals surface area contributed by atoms with Gasteiger partial charge in [-0.3, -0.25) is 4.79 Å². The first-order valence-electron chi connectivity index (χ1n) is 5.20. The lowest BCUT2D eigenvalue weighted by atomic mass is 10.0. The molecule has 1 N–H and O–H groups in total. The summed E-state index contributed by atoms with van der Waals surface area (Å²) in [4.78, 5) is 23.1. The van der Waals surface area contributed by atoms with Crippen LogP contribution in [0.1, 0.15) is 34.1 Å². The Morgan fingerprint density at radius 3 is 2.59 bits per heavy atom. The Morgan fingerprint density at radius 1 is 1.35 bits per heavy atom. The Bertz CT molecular complexity index is 392. The highest BCUT2D eigenvalue weighted by Gasteiger charge is 2.18. The number of hydrogen-bond acceptors (Lipinski definition) is 4. The van der Waals surface area contributed by atoms with E-state index in [0.717, 1.165) is 0 Å². The van der Waals surface area contributed by atoms with E-state index in [1.165, 1.54) is 18.2 Å². The zero-order chi connectivity index (χ0) is 12.8. The number of ketones is 1. The quantitative estimate of drug-likeness (QED) is 0.499. The minimum Gasteiger partial charge on any atom is -0.506 e. The number of para-hydroxylation sites is 1. The van der Waals surface area contributed by atoms with Gasteiger partial charge in [0.05, 0.1) is 12.2 Å². The number of hydrogen-bond donors (Lipinski definition) is 1. The molecule has 1 rings (SSSR count). The number of esters is 1. The molecule has 0 saturated carbocycles. The number of halogens is 1. The normalized spacial score (nSPS) is 10.0. The maximum atomic E-state index is 11.6. The van der Waals surface area contributed by atoms with Gasteiger partial charge in [-0.15, -0.1) is 11.6 Å². The van der Waals surface area contributed by atoms with Gasteiger partial charge in [-0.25, -0.2) is 4.79 Å². The van der Waals surface area contributed by atoms with Crippen molar-refractivity contribution in [2.24, 2.45) is 0 Å². The summed E-state index contributed by atoms with van der Waals surface area (Å²) >= 11 is 5.46. The number of benzene rings is 1. The molecule has 0 fully saturated rings. The molecule has 0 bridgehead atoms. The van der Waals surface area contributed by atoms with E-state index < -0.39 is 5.97 Å². The van der Waals surface area contributed by atoms with Crippen LogP contribution in [-0.2, 0) is 4.74 Å². The molecule has 4 nitrogen and oxygen atoms in total. The highest BCUT2D eigenvalue weighted by molar-refractivity contribution is 6.19. The number of rotatable bonds is 5. The summed E-state index contributed by atoms with van der Waals surface area (Å²) in [5.41, 5.74) is 0.0866. The van der Waals surface area contributed by atoms with Gasteiger partial charge in [0.1, 0.15) is 11.3 Å². The van der Waals surface area contributed by atoms with Crippen molar-refractivity contribution in [3.63, 3.8) is 0 Å². The van der Waals surface area contributed by atoms with Gasteiger partial charge >= 0.3 is 5.97 Å². The average Bonchev–Trinajstić information content (AvgIpc) is 2.29. The molecule has 0 aromatic heterocycles. The SMILES string of the molecule is CCOC(=O)c1cccc(C(=O)CCCl)c1O. The molecule has 0 aliphatic carbocycles. The number of alkyl halides is 1. The van der Waals surface area contributed by atoms with E-state index in [1.54, 1.807) is 6.92 Å². The zero-order valence-electron chi connectivity index (χ0n) is 9.40. The number of phenolic OH excluding ortho intramolecular Hbond substituents is 1. The Hall–Kier alpha value is -1.55. The highest BCUT2D eigenvalue weighted by atomic mass is 35.5. The fourth-order valence-corrected chi connectivity index (χ4v) is 1.53. The molecule has 0 spiro atoms. The van der Waals surface area contributed by atoms with E-state index in [4.69, 9.17) is 16.3 Å². The fourth-order valence-electron chi connectivity index (χ4n) is 1.36. The number of phenols is 1.